The molecule has 0 spiro atoms. The van der Waals surface area contributed by atoms with Crippen molar-refractivity contribution in [3.63, 3.8) is 0 Å². The summed E-state index contributed by atoms with van der Waals surface area (Å²) >= 11 is 1.49. The molecule has 0 fully saturated rings. The number of pyridine rings is 1. The van der Waals surface area contributed by atoms with Gasteiger partial charge in [0.2, 0.25) is 0 Å². The molecular formula is C26H26FN3O3S. The van der Waals surface area contributed by atoms with Crippen LogP contribution in [0.2, 0.25) is 0 Å². The monoisotopic (exact) mass is 479 g/mol. The average Bonchev–Trinajstić information content (AvgIpc) is 2.86. The van der Waals surface area contributed by atoms with Crippen LogP contribution in [0.5, 0.6) is 0 Å². The number of carbonyl (C=O) groups is 2. The van der Waals surface area contributed by atoms with E-state index >= 15 is 0 Å². The minimum Gasteiger partial charge on any atom is -0.483 e. The van der Waals surface area contributed by atoms with E-state index in [1.807, 2.05) is 49.4 Å². The largest absolute Gasteiger partial charge is 0.483 e. The average molecular weight is 480 g/mol. The Kier molecular flexibility index (Phi) is 8.54. The van der Waals surface area contributed by atoms with Gasteiger partial charge in [0.1, 0.15) is 11.5 Å². The minimum atomic E-state index is -0.682. The lowest BCUT2D eigenvalue weighted by atomic mass is 9.83. The van der Waals surface area contributed by atoms with Gasteiger partial charge >= 0.3 is 0 Å². The number of nitrogens with zero attached hydrogens (tertiary/aromatic N) is 2. The lowest BCUT2D eigenvalue weighted by Crippen LogP contribution is -2.32. The number of hydrogen-bond donors (Lipinski definition) is 2. The molecule has 176 valence electrons. The van der Waals surface area contributed by atoms with Crippen molar-refractivity contribution in [2.45, 2.75) is 31.7 Å². The van der Waals surface area contributed by atoms with Crippen molar-refractivity contribution < 1.29 is 19.1 Å². The smallest absolute Gasteiger partial charge is 0.290 e. The highest BCUT2D eigenvalue weighted by molar-refractivity contribution is 8.13. The summed E-state index contributed by atoms with van der Waals surface area (Å²) in [7, 11) is 0. The number of halogens is 1. The Morgan fingerprint density at radius 3 is 2.62 bits per heavy atom. The van der Waals surface area contributed by atoms with Gasteiger partial charge in [-0.3, -0.25) is 19.6 Å². The van der Waals surface area contributed by atoms with Crippen molar-refractivity contribution in [3.05, 3.63) is 89.5 Å². The second-order valence-electron chi connectivity index (χ2n) is 7.72. The fraction of sp³-hybridized carbons (Fsp3) is 0.231. The molecule has 2 heterocycles. The molecule has 34 heavy (non-hydrogen) atoms. The minimum absolute atomic E-state index is 0.107. The maximum absolute atomic E-state index is 14.8. The Hall–Kier alpha value is -3.52. The van der Waals surface area contributed by atoms with E-state index in [9.17, 15) is 9.18 Å². The van der Waals surface area contributed by atoms with Crippen LogP contribution in [0.4, 0.5) is 4.39 Å². The molecule has 0 radical (unpaired) electrons. The summed E-state index contributed by atoms with van der Waals surface area (Å²) in [5, 5.41) is 7.37. The number of aromatic nitrogens is 1. The Morgan fingerprint density at radius 1 is 1.21 bits per heavy atom. The topological polar surface area (TPSA) is 106 Å². The predicted molar refractivity (Wildman–Crippen MR) is 133 cm³/mol. The molecule has 3 N–H and O–H groups in total. The maximum Gasteiger partial charge on any atom is 0.290 e. The highest BCUT2D eigenvalue weighted by Gasteiger charge is 2.35. The second kappa shape index (κ2) is 11.6. The molecule has 0 unspecified atom stereocenters. The number of aliphatic imine (C=N–C) groups is 1. The Labute approximate surface area is 202 Å². The van der Waals surface area contributed by atoms with Crippen molar-refractivity contribution >= 4 is 29.2 Å². The molecule has 6 nitrogen and oxygen atoms in total. The van der Waals surface area contributed by atoms with Crippen molar-refractivity contribution in [2.24, 2.45) is 10.7 Å². The standard InChI is InChI=1S/C25H24FN3OS.CH2O2/c1-2-25(12-14-31-24(27)29-25)20-15-17(10-11-21(20)26)16-22(30)23-19(9-6-13-28-23)18-7-4-3-5-8-18;2-1-3/h3-11,13,15H,2,12,14,16H2,1H3,(H2,27,29);1H,(H,2,3)/t25-;/m0./s1. The number of nitrogens with two attached hydrogens (primary N) is 1. The number of Topliss-reactive ketones (excluding diaryl/α,β-unsaturated/α-hetero) is 1. The van der Waals surface area contributed by atoms with Gasteiger partial charge in [-0.05, 0) is 42.2 Å². The van der Waals surface area contributed by atoms with Crippen molar-refractivity contribution in [2.75, 3.05) is 5.75 Å². The number of hydrogen-bond acceptors (Lipinski definition) is 6. The van der Waals surface area contributed by atoms with Gasteiger partial charge in [-0.25, -0.2) is 4.39 Å². The lowest BCUT2D eigenvalue weighted by molar-refractivity contribution is -0.122. The van der Waals surface area contributed by atoms with Gasteiger partial charge in [0.15, 0.2) is 11.0 Å². The Morgan fingerprint density at radius 2 is 1.94 bits per heavy atom. The number of carboxylic acid groups (broad SMARTS) is 1. The first-order valence-electron chi connectivity index (χ1n) is 10.8. The molecule has 2 aromatic carbocycles. The van der Waals surface area contributed by atoms with E-state index in [4.69, 9.17) is 15.6 Å². The molecule has 0 saturated carbocycles. The number of carbonyl (C=O) groups excluding carboxylic acids is 1. The zero-order valence-corrected chi connectivity index (χ0v) is 19.6. The van der Waals surface area contributed by atoms with Crippen LogP contribution in [-0.2, 0) is 16.8 Å². The first kappa shape index (κ1) is 25.1. The van der Waals surface area contributed by atoms with Crippen LogP contribution in [0.1, 0.15) is 41.4 Å². The number of ketones is 1. The van der Waals surface area contributed by atoms with E-state index in [2.05, 4.69) is 9.98 Å². The molecule has 1 aromatic heterocycles. The number of rotatable bonds is 6. The zero-order valence-electron chi connectivity index (χ0n) is 18.8. The second-order valence-corrected chi connectivity index (χ2v) is 8.83. The third-order valence-electron chi connectivity index (χ3n) is 5.73. The van der Waals surface area contributed by atoms with Crippen LogP contribution in [0.15, 0.2) is 71.9 Å². The van der Waals surface area contributed by atoms with E-state index in [1.54, 1.807) is 18.3 Å². The molecule has 4 rings (SSSR count). The summed E-state index contributed by atoms with van der Waals surface area (Å²) < 4.78 is 14.8. The van der Waals surface area contributed by atoms with Crippen LogP contribution < -0.4 is 5.73 Å². The third-order valence-corrected chi connectivity index (χ3v) is 6.52. The summed E-state index contributed by atoms with van der Waals surface area (Å²) in [6.45, 7) is 1.74. The van der Waals surface area contributed by atoms with Crippen LogP contribution in [0.3, 0.4) is 0 Å². The molecule has 1 atom stereocenters. The summed E-state index contributed by atoms with van der Waals surface area (Å²) in [5.74, 6) is 0.370. The third kappa shape index (κ3) is 5.69. The van der Waals surface area contributed by atoms with Gasteiger partial charge in [0.25, 0.3) is 6.47 Å². The van der Waals surface area contributed by atoms with Crippen LogP contribution in [0, 0.1) is 5.82 Å². The molecule has 0 amide bonds. The van der Waals surface area contributed by atoms with Gasteiger partial charge in [-0.2, -0.15) is 0 Å². The van der Waals surface area contributed by atoms with Gasteiger partial charge in [-0.15, -0.1) is 0 Å². The number of thioether (sulfide) groups is 1. The van der Waals surface area contributed by atoms with Crippen LogP contribution >= 0.6 is 11.8 Å². The molecule has 0 bridgehead atoms. The van der Waals surface area contributed by atoms with Gasteiger partial charge in [-0.1, -0.05) is 61.2 Å². The van der Waals surface area contributed by atoms with E-state index in [0.717, 1.165) is 22.4 Å². The van der Waals surface area contributed by atoms with Crippen molar-refractivity contribution in [1.82, 2.24) is 4.98 Å². The lowest BCUT2D eigenvalue weighted by Gasteiger charge is -2.33. The van der Waals surface area contributed by atoms with E-state index < -0.39 is 5.54 Å². The van der Waals surface area contributed by atoms with Gasteiger partial charge in [0, 0.05) is 29.5 Å². The normalized spacial score (nSPS) is 17.2. The van der Waals surface area contributed by atoms with Crippen LogP contribution in [-0.4, -0.2) is 33.3 Å². The highest BCUT2D eigenvalue weighted by Crippen LogP contribution is 2.40. The summed E-state index contributed by atoms with van der Waals surface area (Å²) in [5.41, 5.74) is 8.68. The maximum atomic E-state index is 14.8. The Bertz CT molecular complexity index is 1190. The predicted octanol–water partition coefficient (Wildman–Crippen LogP) is 5.07. The number of benzene rings is 2. The van der Waals surface area contributed by atoms with Gasteiger partial charge < -0.3 is 10.8 Å². The first-order valence-corrected chi connectivity index (χ1v) is 11.8. The quantitative estimate of drug-likeness (QED) is 0.378. The zero-order chi connectivity index (χ0) is 24.6. The Balaban J connectivity index is 0.00000103. The summed E-state index contributed by atoms with van der Waals surface area (Å²) in [6, 6.07) is 18.3. The molecular weight excluding hydrogens is 453 g/mol. The molecule has 8 heteroatoms. The molecule has 3 aromatic rings. The van der Waals surface area contributed by atoms with Crippen molar-refractivity contribution in [3.8, 4) is 11.1 Å². The van der Waals surface area contributed by atoms with Gasteiger partial charge in [0.05, 0.1) is 5.54 Å². The molecule has 0 aliphatic carbocycles. The SMILES string of the molecule is CC[C@@]1(c2cc(CC(=O)c3ncccc3-c3ccccc3)ccc2F)CCSC(N)=N1.O=CO. The van der Waals surface area contributed by atoms with E-state index in [-0.39, 0.29) is 24.5 Å². The molecule has 0 saturated heterocycles. The number of amidine groups is 1. The highest BCUT2D eigenvalue weighted by atomic mass is 32.2. The fourth-order valence-corrected chi connectivity index (χ4v) is 4.94. The molecule has 1 aliphatic heterocycles. The first-order chi connectivity index (χ1) is 16.4. The fourth-order valence-electron chi connectivity index (χ4n) is 4.05. The molecule has 1 aliphatic rings. The van der Waals surface area contributed by atoms with Crippen molar-refractivity contribution in [1.29, 1.82) is 0 Å². The summed E-state index contributed by atoms with van der Waals surface area (Å²) in [6.07, 6.45) is 3.11. The summed E-state index contributed by atoms with van der Waals surface area (Å²) in [4.78, 5) is 30.5. The van der Waals surface area contributed by atoms with E-state index in [0.29, 0.717) is 29.3 Å². The van der Waals surface area contributed by atoms with Crippen LogP contribution in [0.25, 0.3) is 11.1 Å². The van der Waals surface area contributed by atoms with E-state index in [1.165, 1.54) is 17.8 Å².